The predicted molar refractivity (Wildman–Crippen MR) is 250 cm³/mol. The molecule has 4 aromatic heterocycles. The highest BCUT2D eigenvalue weighted by Crippen LogP contribution is 2.18. The van der Waals surface area contributed by atoms with Gasteiger partial charge in [-0.25, -0.2) is 15.0 Å². The van der Waals surface area contributed by atoms with Crippen LogP contribution < -0.4 is 11.1 Å². The van der Waals surface area contributed by atoms with Crippen LogP contribution in [0.5, 0.6) is 0 Å². The zero-order valence-electron chi connectivity index (χ0n) is 33.8. The number of halogens is 2. The van der Waals surface area contributed by atoms with E-state index in [1.807, 2.05) is 42.9 Å². The number of amides is 1. The summed E-state index contributed by atoms with van der Waals surface area (Å²) in [5.74, 6) is 10.5. The number of H-pyrrole nitrogens is 2. The number of ketones is 1. The second-order valence-corrected chi connectivity index (χ2v) is 14.4. The van der Waals surface area contributed by atoms with Crippen molar-refractivity contribution in [3.05, 3.63) is 130 Å². The summed E-state index contributed by atoms with van der Waals surface area (Å²) in [6.45, 7) is 1.69. The number of aliphatic imine (C=N–C) groups is 1. The summed E-state index contributed by atoms with van der Waals surface area (Å²) in [5, 5.41) is 8.58. The molecule has 0 aliphatic rings. The summed E-state index contributed by atoms with van der Waals surface area (Å²) in [5.41, 5.74) is 11.1. The van der Waals surface area contributed by atoms with Crippen LogP contribution in [0.25, 0.3) is 22.1 Å². The normalized spacial score (nSPS) is 9.93. The number of pyridine rings is 2. The highest BCUT2D eigenvalue weighted by Gasteiger charge is 2.06. The molecule has 1 amide bonds. The zero-order chi connectivity index (χ0) is 43.4. The number of carbonyl (C=O) groups is 2. The zero-order valence-corrected chi connectivity index (χ0v) is 36.0. The van der Waals surface area contributed by atoms with Crippen molar-refractivity contribution in [2.75, 3.05) is 13.1 Å². The molecular weight excluding hydrogens is 818 g/mol. The SMILES string of the molecule is NCCCNC(=O)C#Cc1ccc(Cl)cc1.O=C(C#Cc1ccc(Cl)cc1)CCCCCC(=S)CCc1ccnc2[nH]ccc12.S=C=NCc1ccnc2[nH]ccc12.[2H]C. The lowest BCUT2D eigenvalue weighted by atomic mass is 10.0. The van der Waals surface area contributed by atoms with E-state index in [1.165, 1.54) is 18.4 Å². The molecule has 2 aromatic carbocycles. The minimum atomic E-state index is -0.289. The van der Waals surface area contributed by atoms with Crippen molar-refractivity contribution in [2.45, 2.75) is 65.3 Å². The number of nitrogens with two attached hydrogens (primary N) is 1. The molecule has 5 N–H and O–H groups in total. The van der Waals surface area contributed by atoms with Gasteiger partial charge in [0.15, 0.2) is 0 Å². The van der Waals surface area contributed by atoms with Crippen molar-refractivity contribution in [1.82, 2.24) is 25.3 Å². The van der Waals surface area contributed by atoms with Gasteiger partial charge in [0.25, 0.3) is 5.91 Å². The molecule has 0 bridgehead atoms. The number of aromatic nitrogens is 4. The lowest BCUT2D eigenvalue weighted by molar-refractivity contribution is -0.116. The van der Waals surface area contributed by atoms with E-state index < -0.39 is 0 Å². The number of benzene rings is 2. The number of Topliss-reactive ketones (excluding diaryl/α,β-unsaturated/α-hetero) is 1. The number of isothiocyanates is 1. The standard InChI is InChI=1S/C24H23ClN2OS.C12H13ClN2O.C9H7N3S.CH4/c25-20-10-6-18(7-11-20)8-12-21(28)4-2-1-3-5-22(29)13-9-19-14-16-26-24-23(19)15-17-27-24;13-11-5-2-10(3-6-11)4-7-12(16)15-9-1-8-14;13-6-10-5-7-1-3-11-9-8(7)2-4-12-9;/h6-7,10-11,14-17H,1-5,9,13H2,(H,26,27);2-3,5-6H,1,8-9,14H2,(H,15,16);1-4H,5H2,(H,11,12);1H4/i;;;1D. The third kappa shape index (κ3) is 17.9. The van der Waals surface area contributed by atoms with Crippen LogP contribution in [0.15, 0.2) is 103 Å². The van der Waals surface area contributed by atoms with Gasteiger partial charge in [0.1, 0.15) is 11.3 Å². The number of hydrogen-bond acceptors (Lipinski definition) is 8. The molecule has 4 heterocycles. The van der Waals surface area contributed by atoms with Gasteiger partial charge in [-0.05, 0) is 152 Å². The van der Waals surface area contributed by atoms with Crippen molar-refractivity contribution in [3.8, 4) is 23.7 Å². The van der Waals surface area contributed by atoms with Crippen LogP contribution in [-0.4, -0.2) is 54.7 Å². The minimum Gasteiger partial charge on any atom is -0.346 e. The monoisotopic (exact) mass is 864 g/mol. The van der Waals surface area contributed by atoms with Gasteiger partial charge in [-0.15, -0.1) is 0 Å². The third-order valence-electron chi connectivity index (χ3n) is 8.47. The van der Waals surface area contributed by atoms with Gasteiger partial charge < -0.3 is 21.0 Å². The van der Waals surface area contributed by atoms with E-state index in [0.717, 1.165) is 83.2 Å². The Bertz CT molecular complexity index is 2440. The molecule has 0 spiro atoms. The molecule has 0 radical (unpaired) electrons. The van der Waals surface area contributed by atoms with Crippen molar-refractivity contribution in [2.24, 2.45) is 10.7 Å². The van der Waals surface area contributed by atoms with Gasteiger partial charge in [-0.3, -0.25) is 9.59 Å². The first-order chi connectivity index (χ1) is 29.2. The number of rotatable bonds is 14. The van der Waals surface area contributed by atoms with Crippen LogP contribution in [-0.2, 0) is 22.6 Å². The van der Waals surface area contributed by atoms with E-state index >= 15 is 0 Å². The maximum absolute atomic E-state index is 11.9. The lowest BCUT2D eigenvalue weighted by Gasteiger charge is -2.05. The number of carbonyl (C=O) groups excluding carboxylic acids is 2. The minimum absolute atomic E-state index is 0.0178. The Morgan fingerprint density at radius 2 is 1.32 bits per heavy atom. The topological polar surface area (TPSA) is 142 Å². The molecule has 0 unspecified atom stereocenters. The first-order valence-electron chi connectivity index (χ1n) is 19.7. The second-order valence-electron chi connectivity index (χ2n) is 12.8. The second kappa shape index (κ2) is 27.2. The van der Waals surface area contributed by atoms with Crippen molar-refractivity contribution in [3.63, 3.8) is 0 Å². The van der Waals surface area contributed by atoms with Crippen LogP contribution >= 0.6 is 47.6 Å². The number of hydrogen-bond donors (Lipinski definition) is 4. The Morgan fingerprint density at radius 1 is 0.763 bits per heavy atom. The van der Waals surface area contributed by atoms with E-state index in [-0.39, 0.29) is 11.7 Å². The number of fused-ring (bicyclic) bond motifs is 2. The fraction of sp³-hybridized carbons (Fsp3) is 0.261. The largest absolute Gasteiger partial charge is 0.346 e. The molecule has 0 fully saturated rings. The number of aryl methyl sites for hydroxylation is 1. The number of aromatic amines is 2. The van der Waals surface area contributed by atoms with Gasteiger partial charge in [-0.1, -0.05) is 61.1 Å². The fourth-order valence-electron chi connectivity index (χ4n) is 5.44. The summed E-state index contributed by atoms with van der Waals surface area (Å²) in [6.07, 6.45) is 14.3. The van der Waals surface area contributed by atoms with Crippen LogP contribution in [0.4, 0.5) is 0 Å². The Balaban J connectivity index is 0.000000260. The maximum atomic E-state index is 11.9. The summed E-state index contributed by atoms with van der Waals surface area (Å²) in [4.78, 5) is 42.7. The first-order valence-corrected chi connectivity index (χ1v) is 20.3. The molecule has 9 nitrogen and oxygen atoms in total. The molecule has 0 aliphatic carbocycles. The Morgan fingerprint density at radius 3 is 1.92 bits per heavy atom. The molecule has 0 saturated carbocycles. The summed E-state index contributed by atoms with van der Waals surface area (Å²) in [6, 6.07) is 22.2. The van der Waals surface area contributed by atoms with Crippen LogP contribution in [0.3, 0.4) is 0 Å². The number of unbranched alkanes of at least 4 members (excludes halogenated alkanes) is 2. The Hall–Kier alpha value is -5.49. The molecule has 0 atom stereocenters. The van der Waals surface area contributed by atoms with Crippen LogP contribution in [0.2, 0.25) is 10.0 Å². The van der Waals surface area contributed by atoms with E-state index in [1.54, 1.807) is 42.6 Å². The Kier molecular flexibility index (Phi) is 21.3. The molecule has 0 saturated heterocycles. The molecule has 304 valence electrons. The fourth-order valence-corrected chi connectivity index (χ4v) is 6.00. The Labute approximate surface area is 368 Å². The number of thiocarbonyl (C=S) groups is 2. The number of nitrogens with zero attached hydrogens (tertiary/aromatic N) is 3. The third-order valence-corrected chi connectivity index (χ3v) is 9.51. The number of nitrogens with one attached hydrogen (secondary N) is 3. The summed E-state index contributed by atoms with van der Waals surface area (Å²) < 4.78 is 5.75. The van der Waals surface area contributed by atoms with Crippen molar-refractivity contribution < 1.29 is 11.0 Å². The quantitative estimate of drug-likeness (QED) is 0.0370. The van der Waals surface area contributed by atoms with Crippen LogP contribution in [0.1, 0.15) is 76.0 Å². The van der Waals surface area contributed by atoms with E-state index in [2.05, 4.69) is 83.4 Å². The van der Waals surface area contributed by atoms with E-state index in [4.69, 9.17) is 42.5 Å². The molecule has 6 rings (SSSR count). The van der Waals surface area contributed by atoms with E-state index in [9.17, 15) is 9.59 Å². The predicted octanol–water partition coefficient (Wildman–Crippen LogP) is 10.0. The van der Waals surface area contributed by atoms with Gasteiger partial charge in [0, 0.05) is 77.0 Å². The van der Waals surface area contributed by atoms with Gasteiger partial charge in [0.05, 0.1) is 11.7 Å². The maximum Gasteiger partial charge on any atom is 0.296 e. The molecule has 6 aromatic rings. The average molecular weight is 866 g/mol. The lowest BCUT2D eigenvalue weighted by Crippen LogP contribution is -2.24. The highest BCUT2D eigenvalue weighted by molar-refractivity contribution is 7.80. The van der Waals surface area contributed by atoms with Crippen molar-refractivity contribution in [1.29, 1.82) is 0 Å². The summed E-state index contributed by atoms with van der Waals surface area (Å²) >= 11 is 21.6. The molecule has 0 aliphatic heterocycles. The van der Waals surface area contributed by atoms with Crippen molar-refractivity contribution >= 4 is 91.4 Å². The summed E-state index contributed by atoms with van der Waals surface area (Å²) in [7, 11) is 1.25. The van der Waals surface area contributed by atoms with Gasteiger partial charge in [-0.2, -0.15) is 0 Å². The average Bonchev–Trinajstić information content (AvgIpc) is 3.97. The van der Waals surface area contributed by atoms with E-state index in [0.29, 0.717) is 36.1 Å². The van der Waals surface area contributed by atoms with Crippen LogP contribution in [0, 0.1) is 23.7 Å². The smallest absolute Gasteiger partial charge is 0.296 e. The molecular formula is C46H47Cl2N7O2S2. The first kappa shape index (κ1) is 46.2. The van der Waals surface area contributed by atoms with Gasteiger partial charge >= 0.3 is 0 Å². The molecule has 13 heteroatoms. The molecule has 59 heavy (non-hydrogen) atoms. The van der Waals surface area contributed by atoms with Gasteiger partial charge in [0.2, 0.25) is 5.78 Å². The highest BCUT2D eigenvalue weighted by atomic mass is 35.5.